The Balaban J connectivity index is 1.44. The lowest BCUT2D eigenvalue weighted by atomic mass is 9.94. The Morgan fingerprint density at radius 3 is 2.46 bits per heavy atom. The smallest absolute Gasteiger partial charge is 0.309 e. The first-order valence-corrected chi connectivity index (χ1v) is 13.7. The number of carbonyl (C=O) groups is 3. The molecule has 39 heavy (non-hydrogen) atoms. The van der Waals surface area contributed by atoms with Crippen molar-refractivity contribution in [3.05, 3.63) is 83.7 Å². The van der Waals surface area contributed by atoms with Crippen molar-refractivity contribution in [2.45, 2.75) is 57.0 Å². The minimum Gasteiger partial charge on any atom is -0.463 e. The quantitative estimate of drug-likeness (QED) is 0.397. The van der Waals surface area contributed by atoms with Crippen LogP contribution < -0.4 is 5.32 Å². The number of amides is 2. The number of aliphatic hydroxyl groups excluding tert-OH is 1. The lowest BCUT2D eigenvalue weighted by molar-refractivity contribution is -0.152. The Labute approximate surface area is 229 Å². The number of benzene rings is 2. The van der Waals surface area contributed by atoms with Crippen molar-refractivity contribution in [2.24, 2.45) is 11.8 Å². The third kappa shape index (κ3) is 8.23. The van der Waals surface area contributed by atoms with Crippen LogP contribution in [0.15, 0.2) is 66.7 Å². The second kappa shape index (κ2) is 14.0. The Hall–Kier alpha value is -3.52. The zero-order chi connectivity index (χ0) is 27.6. The number of nitrogens with zero attached hydrogens (tertiary/aromatic N) is 1. The van der Waals surface area contributed by atoms with E-state index in [0.29, 0.717) is 32.2 Å². The molecule has 2 aliphatic rings. The van der Waals surface area contributed by atoms with Gasteiger partial charge in [-0.2, -0.15) is 0 Å². The SMILES string of the molecule is O=C(C[C@@H]1C/C=C\C[C@H](Cc2ccc(F)cc2)C(=O)OC[C@@H]2CCCN2C1=O)N[C@H](CO)Cc1ccccc1. The Morgan fingerprint density at radius 2 is 1.74 bits per heavy atom. The van der Waals surface area contributed by atoms with E-state index in [2.05, 4.69) is 5.32 Å². The number of hydrogen-bond donors (Lipinski definition) is 2. The van der Waals surface area contributed by atoms with Gasteiger partial charge in [0.1, 0.15) is 12.4 Å². The first-order chi connectivity index (χ1) is 18.9. The highest BCUT2D eigenvalue weighted by Crippen LogP contribution is 2.25. The molecule has 2 heterocycles. The summed E-state index contributed by atoms with van der Waals surface area (Å²) in [7, 11) is 0. The molecule has 0 bridgehead atoms. The third-order valence-electron chi connectivity index (χ3n) is 7.51. The monoisotopic (exact) mass is 536 g/mol. The zero-order valence-corrected chi connectivity index (χ0v) is 22.1. The number of allylic oxidation sites excluding steroid dienone is 2. The standard InChI is InChI=1S/C31H37FN2O5/c32-26-14-12-23(13-15-26)17-25-10-5-4-9-24(30(37)34-16-6-11-28(34)21-39-31(25)38)19-29(36)33-27(20-35)18-22-7-2-1-3-8-22/h1-5,7-8,12-15,24-25,27-28,35H,6,9-11,16-21H2,(H,33,36)/b5-4-/t24-,25+,27-,28-/m0/s1. The fraction of sp³-hybridized carbons (Fsp3) is 0.452. The maximum absolute atomic E-state index is 13.5. The van der Waals surface area contributed by atoms with Crippen molar-refractivity contribution in [1.29, 1.82) is 0 Å². The number of carbonyl (C=O) groups excluding carboxylic acids is 3. The van der Waals surface area contributed by atoms with E-state index in [1.807, 2.05) is 42.5 Å². The van der Waals surface area contributed by atoms with Gasteiger partial charge in [0.15, 0.2) is 0 Å². The molecule has 2 aromatic carbocycles. The number of esters is 1. The van der Waals surface area contributed by atoms with Gasteiger partial charge in [-0.15, -0.1) is 0 Å². The summed E-state index contributed by atoms with van der Waals surface area (Å²) >= 11 is 0. The van der Waals surface area contributed by atoms with E-state index in [1.165, 1.54) is 12.1 Å². The number of rotatable bonds is 8. The molecule has 2 amide bonds. The molecule has 0 aromatic heterocycles. The molecule has 0 saturated carbocycles. The van der Waals surface area contributed by atoms with Crippen LogP contribution in [-0.2, 0) is 32.0 Å². The lowest BCUT2D eigenvalue weighted by Gasteiger charge is -2.29. The molecule has 208 valence electrons. The minimum atomic E-state index is -0.552. The molecule has 0 radical (unpaired) electrons. The molecule has 1 fully saturated rings. The summed E-state index contributed by atoms with van der Waals surface area (Å²) in [6, 6.07) is 15.1. The fourth-order valence-corrected chi connectivity index (χ4v) is 5.36. The predicted octanol–water partition coefficient (Wildman–Crippen LogP) is 3.59. The first kappa shape index (κ1) is 28.5. The lowest BCUT2D eigenvalue weighted by Crippen LogP contribution is -2.45. The van der Waals surface area contributed by atoms with Crippen molar-refractivity contribution >= 4 is 17.8 Å². The van der Waals surface area contributed by atoms with Crippen LogP contribution in [0.5, 0.6) is 0 Å². The molecule has 0 unspecified atom stereocenters. The van der Waals surface area contributed by atoms with Gasteiger partial charge in [-0.25, -0.2) is 4.39 Å². The summed E-state index contributed by atoms with van der Waals surface area (Å²) < 4.78 is 19.0. The van der Waals surface area contributed by atoms with E-state index in [9.17, 15) is 23.9 Å². The van der Waals surface area contributed by atoms with Crippen LogP contribution in [0, 0.1) is 17.7 Å². The van der Waals surface area contributed by atoms with Crippen LogP contribution in [-0.4, -0.2) is 59.6 Å². The van der Waals surface area contributed by atoms with Gasteiger partial charge in [-0.05, 0) is 61.8 Å². The molecular weight excluding hydrogens is 499 g/mol. The molecule has 4 atom stereocenters. The summed E-state index contributed by atoms with van der Waals surface area (Å²) in [6.07, 6.45) is 6.99. The normalized spacial score (nSPS) is 23.6. The number of ether oxygens (including phenoxy) is 1. The highest BCUT2D eigenvalue weighted by molar-refractivity contribution is 5.86. The van der Waals surface area contributed by atoms with E-state index in [4.69, 9.17) is 4.74 Å². The van der Waals surface area contributed by atoms with Gasteiger partial charge in [0.2, 0.25) is 11.8 Å². The van der Waals surface area contributed by atoms with Crippen molar-refractivity contribution < 1.29 is 28.6 Å². The number of fused-ring (bicyclic) bond motifs is 1. The molecular formula is C31H37FN2O5. The molecule has 2 N–H and O–H groups in total. The maximum Gasteiger partial charge on any atom is 0.309 e. The molecule has 7 nitrogen and oxygen atoms in total. The average Bonchev–Trinajstić information content (AvgIpc) is 3.41. The van der Waals surface area contributed by atoms with Crippen molar-refractivity contribution in [1.82, 2.24) is 10.2 Å². The Morgan fingerprint density at radius 1 is 1.03 bits per heavy atom. The van der Waals surface area contributed by atoms with Gasteiger partial charge >= 0.3 is 5.97 Å². The van der Waals surface area contributed by atoms with Gasteiger partial charge in [0.05, 0.1) is 30.5 Å². The summed E-state index contributed by atoms with van der Waals surface area (Å²) in [4.78, 5) is 41.2. The number of hydrogen-bond acceptors (Lipinski definition) is 5. The Bertz CT molecular complexity index is 1140. The van der Waals surface area contributed by atoms with Crippen molar-refractivity contribution in [3.63, 3.8) is 0 Å². The van der Waals surface area contributed by atoms with Crippen molar-refractivity contribution in [2.75, 3.05) is 19.8 Å². The van der Waals surface area contributed by atoms with E-state index in [1.54, 1.807) is 17.0 Å². The number of cyclic esters (lactones) is 1. The number of halogens is 1. The number of nitrogens with one attached hydrogen (secondary N) is 1. The first-order valence-electron chi connectivity index (χ1n) is 13.7. The highest BCUT2D eigenvalue weighted by atomic mass is 19.1. The number of aliphatic hydroxyl groups is 1. The summed E-state index contributed by atoms with van der Waals surface area (Å²) in [5.41, 5.74) is 1.85. The van der Waals surface area contributed by atoms with Crippen LogP contribution in [0.1, 0.15) is 43.2 Å². The van der Waals surface area contributed by atoms with E-state index >= 15 is 0 Å². The molecule has 8 heteroatoms. The zero-order valence-electron chi connectivity index (χ0n) is 22.1. The molecule has 1 saturated heterocycles. The van der Waals surface area contributed by atoms with Gasteiger partial charge in [-0.3, -0.25) is 14.4 Å². The van der Waals surface area contributed by atoms with Crippen LogP contribution in [0.25, 0.3) is 0 Å². The largest absolute Gasteiger partial charge is 0.463 e. The minimum absolute atomic E-state index is 0.0104. The average molecular weight is 537 g/mol. The van der Waals surface area contributed by atoms with Crippen LogP contribution in [0.2, 0.25) is 0 Å². The Kier molecular flexibility index (Phi) is 10.3. The third-order valence-corrected chi connectivity index (χ3v) is 7.51. The highest BCUT2D eigenvalue weighted by Gasteiger charge is 2.35. The van der Waals surface area contributed by atoms with Crippen LogP contribution >= 0.6 is 0 Å². The molecule has 2 aliphatic heterocycles. The topological polar surface area (TPSA) is 95.9 Å². The molecule has 2 aromatic rings. The van der Waals surface area contributed by atoms with E-state index < -0.39 is 17.9 Å². The molecule has 0 spiro atoms. The second-order valence-corrected chi connectivity index (χ2v) is 10.5. The van der Waals surface area contributed by atoms with E-state index in [0.717, 1.165) is 24.0 Å². The van der Waals surface area contributed by atoms with Crippen LogP contribution in [0.3, 0.4) is 0 Å². The van der Waals surface area contributed by atoms with Gasteiger partial charge in [0, 0.05) is 13.0 Å². The predicted molar refractivity (Wildman–Crippen MR) is 145 cm³/mol. The van der Waals surface area contributed by atoms with Crippen LogP contribution in [0.4, 0.5) is 4.39 Å². The van der Waals surface area contributed by atoms with Gasteiger partial charge in [-0.1, -0.05) is 54.6 Å². The molecule has 4 rings (SSSR count). The van der Waals surface area contributed by atoms with Gasteiger partial charge in [0.25, 0.3) is 0 Å². The summed E-state index contributed by atoms with van der Waals surface area (Å²) in [5.74, 6) is -2.02. The van der Waals surface area contributed by atoms with Gasteiger partial charge < -0.3 is 20.1 Å². The summed E-state index contributed by atoms with van der Waals surface area (Å²) in [5, 5.41) is 12.7. The van der Waals surface area contributed by atoms with E-state index in [-0.39, 0.29) is 49.3 Å². The maximum atomic E-state index is 13.5. The molecule has 0 aliphatic carbocycles. The fourth-order valence-electron chi connectivity index (χ4n) is 5.36. The summed E-state index contributed by atoms with van der Waals surface area (Å²) in [6.45, 7) is 0.486. The van der Waals surface area contributed by atoms with Crippen molar-refractivity contribution in [3.8, 4) is 0 Å². The second-order valence-electron chi connectivity index (χ2n) is 10.5.